The Labute approximate surface area is 147 Å². The first-order valence-electron chi connectivity index (χ1n) is 6.27. The zero-order valence-electron chi connectivity index (χ0n) is 11.3. The molecule has 0 aliphatic rings. The Balaban J connectivity index is 2.30. The maximum atomic E-state index is 6.16. The van der Waals surface area contributed by atoms with E-state index in [-0.39, 0.29) is 0 Å². The molecule has 0 N–H and O–H groups in total. The fourth-order valence-electron chi connectivity index (χ4n) is 1.71. The van der Waals surface area contributed by atoms with Crippen molar-refractivity contribution in [1.82, 2.24) is 0 Å². The minimum atomic E-state index is -2.23. The van der Waals surface area contributed by atoms with Crippen LogP contribution in [-0.4, -0.2) is 6.16 Å². The molecular weight excluding hydrogens is 409 g/mol. The van der Waals surface area contributed by atoms with E-state index < -0.39 is 6.42 Å². The number of anilines is 1. The monoisotopic (exact) mass is 421 g/mol. The summed E-state index contributed by atoms with van der Waals surface area (Å²) in [5, 5.41) is 0.682. The van der Waals surface area contributed by atoms with E-state index in [9.17, 15) is 0 Å². The molecule has 0 spiro atoms. The Morgan fingerprint density at radius 3 is 2.33 bits per heavy atom. The summed E-state index contributed by atoms with van der Waals surface area (Å²) < 4.78 is 8.19. The summed E-state index contributed by atoms with van der Waals surface area (Å²) in [7, 11) is 1.42. The first-order valence-corrected chi connectivity index (χ1v) is 12.1. The number of benzene rings is 2. The Hall–Kier alpha value is -0.190. The van der Waals surface area contributed by atoms with Crippen molar-refractivity contribution < 1.29 is 4.52 Å². The van der Waals surface area contributed by atoms with E-state index in [4.69, 9.17) is 27.9 Å². The summed E-state index contributed by atoms with van der Waals surface area (Å²) in [4.78, 5) is 0. The molecule has 0 aromatic heterocycles. The third kappa shape index (κ3) is 4.40. The van der Waals surface area contributed by atoms with Crippen molar-refractivity contribution in [2.75, 3.05) is 10.2 Å². The summed E-state index contributed by atoms with van der Waals surface area (Å²) in [5.41, 5.74) is 1.03. The van der Waals surface area contributed by atoms with Crippen LogP contribution in [0.25, 0.3) is 0 Å². The van der Waals surface area contributed by atoms with E-state index in [1.165, 1.54) is 10.4 Å². The zero-order valence-corrected chi connectivity index (χ0v) is 16.1. The van der Waals surface area contributed by atoms with Crippen molar-refractivity contribution >= 4 is 60.7 Å². The second kappa shape index (κ2) is 7.89. The standard InChI is InChI=1S/C14H14BrClNOPS2/c1-2-19(20,18-14-10-8-12(16)9-11-14)17(21-15)13-6-4-3-5-7-13/h3-11H,2H2,1H3. The molecule has 7 heteroatoms. The normalized spacial score (nSPS) is 13.5. The van der Waals surface area contributed by atoms with Gasteiger partial charge >= 0.3 is 0 Å². The number of para-hydroxylation sites is 1. The predicted molar refractivity (Wildman–Crippen MR) is 102 cm³/mol. The lowest BCUT2D eigenvalue weighted by Crippen LogP contribution is -2.15. The molecule has 0 radical (unpaired) electrons. The molecule has 112 valence electrons. The molecule has 0 saturated carbocycles. The second-order valence-corrected chi connectivity index (χ2v) is 10.5. The van der Waals surface area contributed by atoms with Crippen LogP contribution in [0.15, 0.2) is 54.6 Å². The van der Waals surface area contributed by atoms with Crippen molar-refractivity contribution in [2.24, 2.45) is 0 Å². The molecule has 1 unspecified atom stereocenters. The van der Waals surface area contributed by atoms with Gasteiger partial charge in [0, 0.05) is 36.4 Å². The minimum absolute atomic E-state index is 0.682. The van der Waals surface area contributed by atoms with Gasteiger partial charge in [-0.15, -0.1) is 0 Å². The molecule has 2 aromatic rings. The highest BCUT2D eigenvalue weighted by molar-refractivity contribution is 9.50. The third-order valence-electron chi connectivity index (χ3n) is 2.78. The molecule has 0 heterocycles. The number of hydrogen-bond donors (Lipinski definition) is 0. The topological polar surface area (TPSA) is 12.5 Å². The molecule has 0 fully saturated rings. The summed E-state index contributed by atoms with van der Waals surface area (Å²) in [6.07, 6.45) is -1.48. The summed E-state index contributed by atoms with van der Waals surface area (Å²) >= 11 is 15.2. The van der Waals surface area contributed by atoms with Gasteiger partial charge in [-0.2, -0.15) is 0 Å². The van der Waals surface area contributed by atoms with Crippen molar-refractivity contribution in [3.05, 3.63) is 59.6 Å². The second-order valence-electron chi connectivity index (χ2n) is 4.18. The molecule has 0 aliphatic heterocycles. The SMILES string of the molecule is CCP(=S)(Oc1ccc(Cl)cc1)N(SBr)c1ccccc1. The maximum absolute atomic E-state index is 6.16. The van der Waals surface area contributed by atoms with Gasteiger partial charge in [0.15, 0.2) is 0 Å². The highest BCUT2D eigenvalue weighted by Gasteiger charge is 2.27. The fourth-order valence-corrected chi connectivity index (χ4v) is 8.25. The summed E-state index contributed by atoms with van der Waals surface area (Å²) in [5.74, 6) is 0.743. The maximum Gasteiger partial charge on any atom is 0.214 e. The van der Waals surface area contributed by atoms with Gasteiger partial charge in [0.05, 0.1) is 5.69 Å². The Bertz CT molecular complexity index is 627. The van der Waals surface area contributed by atoms with Crippen LogP contribution in [0.3, 0.4) is 0 Å². The number of rotatable bonds is 6. The molecule has 2 aromatic carbocycles. The summed E-state index contributed by atoms with van der Waals surface area (Å²) in [6, 6.07) is 17.3. The fraction of sp³-hybridized carbons (Fsp3) is 0.143. The molecule has 0 aliphatic carbocycles. The van der Waals surface area contributed by atoms with E-state index in [1.54, 1.807) is 12.1 Å². The van der Waals surface area contributed by atoms with Crippen LogP contribution in [0.5, 0.6) is 5.75 Å². The van der Waals surface area contributed by atoms with E-state index in [1.807, 2.05) is 46.5 Å². The van der Waals surface area contributed by atoms with Crippen LogP contribution < -0.4 is 8.60 Å². The van der Waals surface area contributed by atoms with Gasteiger partial charge in [-0.05, 0) is 48.2 Å². The molecular formula is C14H14BrClNOPS2. The van der Waals surface area contributed by atoms with Crippen LogP contribution in [0, 0.1) is 0 Å². The van der Waals surface area contributed by atoms with Crippen molar-refractivity contribution in [3.63, 3.8) is 0 Å². The Morgan fingerprint density at radius 2 is 1.81 bits per heavy atom. The van der Waals surface area contributed by atoms with Crippen LogP contribution in [0.4, 0.5) is 5.69 Å². The van der Waals surface area contributed by atoms with Crippen LogP contribution >= 0.6 is 43.2 Å². The number of halogens is 2. The van der Waals surface area contributed by atoms with Crippen LogP contribution in [-0.2, 0) is 11.8 Å². The number of hydrogen-bond acceptors (Lipinski definition) is 3. The van der Waals surface area contributed by atoms with Gasteiger partial charge in [0.25, 0.3) is 0 Å². The van der Waals surface area contributed by atoms with Gasteiger partial charge in [-0.3, -0.25) is 0 Å². The van der Waals surface area contributed by atoms with Crippen molar-refractivity contribution in [3.8, 4) is 5.75 Å². The Kier molecular flexibility index (Phi) is 6.45. The van der Waals surface area contributed by atoms with Crippen molar-refractivity contribution in [1.29, 1.82) is 0 Å². The van der Waals surface area contributed by atoms with E-state index in [2.05, 4.69) is 21.7 Å². The lowest BCUT2D eigenvalue weighted by atomic mass is 10.3. The highest BCUT2D eigenvalue weighted by Crippen LogP contribution is 2.57. The molecule has 21 heavy (non-hydrogen) atoms. The first-order chi connectivity index (χ1) is 10.1. The van der Waals surface area contributed by atoms with E-state index in [0.29, 0.717) is 5.02 Å². The smallest absolute Gasteiger partial charge is 0.214 e. The lowest BCUT2D eigenvalue weighted by Gasteiger charge is -2.32. The van der Waals surface area contributed by atoms with Gasteiger partial charge in [0.2, 0.25) is 6.42 Å². The molecule has 0 saturated heterocycles. The third-order valence-corrected chi connectivity index (χ3v) is 9.83. The van der Waals surface area contributed by atoms with Crippen LogP contribution in [0.2, 0.25) is 5.02 Å². The molecule has 2 nitrogen and oxygen atoms in total. The highest BCUT2D eigenvalue weighted by atomic mass is 79.9. The Morgan fingerprint density at radius 1 is 1.19 bits per heavy atom. The molecule has 0 bridgehead atoms. The van der Waals surface area contributed by atoms with Gasteiger partial charge < -0.3 is 4.52 Å². The minimum Gasteiger partial charge on any atom is -0.448 e. The first kappa shape index (κ1) is 17.2. The van der Waals surface area contributed by atoms with Gasteiger partial charge in [0.1, 0.15) is 5.75 Å². The summed E-state index contributed by atoms with van der Waals surface area (Å²) in [6.45, 7) is 2.05. The lowest BCUT2D eigenvalue weighted by molar-refractivity contribution is 0.613. The molecule has 2 rings (SSSR count). The zero-order chi connectivity index (χ0) is 15.3. The molecule has 1 atom stereocenters. The average molecular weight is 423 g/mol. The predicted octanol–water partition coefficient (Wildman–Crippen LogP) is 6.51. The quantitative estimate of drug-likeness (QED) is 0.388. The molecule has 0 amide bonds. The number of nitrogens with zero attached hydrogens (tertiary/aromatic N) is 1. The van der Waals surface area contributed by atoms with E-state index in [0.717, 1.165) is 17.6 Å². The van der Waals surface area contributed by atoms with Gasteiger partial charge in [-0.25, -0.2) is 4.08 Å². The van der Waals surface area contributed by atoms with Gasteiger partial charge in [-0.1, -0.05) is 36.7 Å². The largest absolute Gasteiger partial charge is 0.448 e. The van der Waals surface area contributed by atoms with Crippen molar-refractivity contribution in [2.45, 2.75) is 6.92 Å². The average Bonchev–Trinajstić information content (AvgIpc) is 2.51. The van der Waals surface area contributed by atoms with E-state index >= 15 is 0 Å². The van der Waals surface area contributed by atoms with Crippen LogP contribution in [0.1, 0.15) is 6.92 Å².